The number of amides is 1. The van der Waals surface area contributed by atoms with Crippen LogP contribution in [0.5, 0.6) is 0 Å². The minimum absolute atomic E-state index is 0.0628. The number of hydrogen-bond donors (Lipinski definition) is 1. The van der Waals surface area contributed by atoms with Gasteiger partial charge in [-0.25, -0.2) is 0 Å². The molecule has 0 aliphatic rings. The molecule has 4 heteroatoms. The van der Waals surface area contributed by atoms with E-state index in [0.29, 0.717) is 5.56 Å². The Hall–Kier alpha value is -1.02. The standard InChI is InChI=1S/C9H7N2O.3C4H9.Sn/c10-6-7-11-9(12)8-4-2-1-3-5-8;3*1-3-4-2;/h2-5H,7H2,(H,11,12);3*1,3-4H2,2H3;. The van der Waals surface area contributed by atoms with Crippen molar-refractivity contribution < 1.29 is 4.79 Å². The summed E-state index contributed by atoms with van der Waals surface area (Å²) < 4.78 is 5.89. The molecule has 0 bridgehead atoms. The second-order valence-corrected chi connectivity index (χ2v) is 20.2. The topological polar surface area (TPSA) is 52.9 Å². The summed E-state index contributed by atoms with van der Waals surface area (Å²) in [5.74, 6) is -0.149. The van der Waals surface area contributed by atoms with Gasteiger partial charge in [-0.3, -0.25) is 0 Å². The van der Waals surface area contributed by atoms with Crippen molar-refractivity contribution in [1.29, 1.82) is 5.26 Å². The van der Waals surface area contributed by atoms with E-state index in [9.17, 15) is 4.79 Å². The van der Waals surface area contributed by atoms with Crippen LogP contribution in [0.3, 0.4) is 0 Å². The van der Waals surface area contributed by atoms with Gasteiger partial charge in [0.1, 0.15) is 0 Å². The van der Waals surface area contributed by atoms with E-state index in [-0.39, 0.29) is 12.5 Å². The molecule has 0 saturated carbocycles. The molecule has 138 valence electrons. The van der Waals surface area contributed by atoms with Crippen LogP contribution >= 0.6 is 0 Å². The van der Waals surface area contributed by atoms with Crippen molar-refractivity contribution in [1.82, 2.24) is 5.32 Å². The van der Waals surface area contributed by atoms with Gasteiger partial charge in [0.15, 0.2) is 0 Å². The average Bonchev–Trinajstić information content (AvgIpc) is 2.66. The number of rotatable bonds is 12. The summed E-state index contributed by atoms with van der Waals surface area (Å²) in [4.78, 5) is 12.0. The molecule has 0 atom stereocenters. The Morgan fingerprint density at radius 2 is 1.44 bits per heavy atom. The van der Waals surface area contributed by atoms with E-state index in [1.165, 1.54) is 51.8 Å². The van der Waals surface area contributed by atoms with E-state index in [1.54, 1.807) is 3.58 Å². The van der Waals surface area contributed by atoms with Crippen LogP contribution in [0.25, 0.3) is 0 Å². The number of unbranched alkanes of at least 4 members (excludes halogenated alkanes) is 3. The van der Waals surface area contributed by atoms with Gasteiger partial charge in [-0.1, -0.05) is 0 Å². The zero-order chi connectivity index (χ0) is 18.5. The normalized spacial score (nSPS) is 11.1. The number of nitrogens with one attached hydrogen (secondary N) is 1. The Bertz CT molecular complexity index is 526. The first kappa shape index (κ1) is 22.0. The fraction of sp³-hybridized carbons (Fsp3) is 0.619. The van der Waals surface area contributed by atoms with Crippen LogP contribution < -0.4 is 8.90 Å². The Morgan fingerprint density at radius 3 is 1.84 bits per heavy atom. The Kier molecular flexibility index (Phi) is 10.9. The summed E-state index contributed by atoms with van der Waals surface area (Å²) >= 11 is -2.39. The SMILES string of the molecule is CCC[CH2][Sn]([CH2]CCC)([CH2]CCC)[c]1ccc(C(=O)NCC#N)cc1. The Labute approximate surface area is 158 Å². The molecule has 0 saturated heterocycles. The van der Waals surface area contributed by atoms with Gasteiger partial charge < -0.3 is 0 Å². The first-order valence-electron chi connectivity index (χ1n) is 9.89. The number of nitriles is 1. The van der Waals surface area contributed by atoms with Crippen molar-refractivity contribution in [3.05, 3.63) is 29.8 Å². The summed E-state index contributed by atoms with van der Waals surface area (Å²) in [6, 6.07) is 10.4. The zero-order valence-corrected chi connectivity index (χ0v) is 19.1. The van der Waals surface area contributed by atoms with E-state index in [4.69, 9.17) is 5.26 Å². The number of benzene rings is 1. The second-order valence-electron chi connectivity index (χ2n) is 7.01. The summed E-state index contributed by atoms with van der Waals surface area (Å²) in [7, 11) is 0. The van der Waals surface area contributed by atoms with E-state index < -0.39 is 18.4 Å². The minimum atomic E-state index is -2.39. The third kappa shape index (κ3) is 7.01. The summed E-state index contributed by atoms with van der Waals surface area (Å²) in [6.07, 6.45) is 7.83. The molecule has 1 amide bonds. The van der Waals surface area contributed by atoms with Gasteiger partial charge >= 0.3 is 158 Å². The summed E-state index contributed by atoms with van der Waals surface area (Å²) in [6.45, 7) is 6.93. The van der Waals surface area contributed by atoms with Crippen LogP contribution in [0, 0.1) is 11.3 Å². The van der Waals surface area contributed by atoms with Crippen molar-refractivity contribution in [3.8, 4) is 6.07 Å². The molecule has 0 unspecified atom stereocenters. The molecule has 0 aliphatic heterocycles. The summed E-state index contributed by atoms with van der Waals surface area (Å²) in [5, 5.41) is 11.2. The molecule has 1 rings (SSSR count). The monoisotopic (exact) mass is 450 g/mol. The molecule has 0 heterocycles. The Morgan fingerprint density at radius 1 is 0.960 bits per heavy atom. The zero-order valence-electron chi connectivity index (χ0n) is 16.2. The van der Waals surface area contributed by atoms with Crippen molar-refractivity contribution in [3.63, 3.8) is 0 Å². The quantitative estimate of drug-likeness (QED) is 0.361. The second kappa shape index (κ2) is 12.4. The van der Waals surface area contributed by atoms with E-state index >= 15 is 0 Å². The number of hydrogen-bond acceptors (Lipinski definition) is 2. The van der Waals surface area contributed by atoms with Gasteiger partial charge in [0.25, 0.3) is 0 Å². The van der Waals surface area contributed by atoms with Crippen LogP contribution in [-0.4, -0.2) is 30.8 Å². The van der Waals surface area contributed by atoms with Gasteiger partial charge in [-0.15, -0.1) is 0 Å². The number of carbonyl (C=O) groups excluding carboxylic acids is 1. The van der Waals surface area contributed by atoms with Crippen LogP contribution in [-0.2, 0) is 0 Å². The molecule has 1 N–H and O–H groups in total. The van der Waals surface area contributed by atoms with Crippen LogP contribution in [0.1, 0.15) is 69.7 Å². The molecule has 1 aromatic carbocycles. The van der Waals surface area contributed by atoms with Gasteiger partial charge in [-0.2, -0.15) is 0 Å². The molecule has 25 heavy (non-hydrogen) atoms. The van der Waals surface area contributed by atoms with Gasteiger partial charge in [0.2, 0.25) is 0 Å². The van der Waals surface area contributed by atoms with Gasteiger partial charge in [0.05, 0.1) is 0 Å². The third-order valence-corrected chi connectivity index (χ3v) is 20.8. The third-order valence-electron chi connectivity index (χ3n) is 5.11. The molecule has 3 nitrogen and oxygen atoms in total. The molecule has 0 radical (unpaired) electrons. The predicted octanol–water partition coefficient (Wildman–Crippen LogP) is 5.00. The molecular weight excluding hydrogens is 415 g/mol. The molecular formula is C21H34N2OSn. The van der Waals surface area contributed by atoms with E-state index in [0.717, 1.165) is 0 Å². The van der Waals surface area contributed by atoms with E-state index in [2.05, 4.69) is 38.2 Å². The van der Waals surface area contributed by atoms with Crippen LogP contribution in [0.2, 0.25) is 13.3 Å². The average molecular weight is 449 g/mol. The Balaban J connectivity index is 3.05. The molecule has 0 aliphatic carbocycles. The molecule has 0 spiro atoms. The van der Waals surface area contributed by atoms with E-state index in [1.807, 2.05) is 18.2 Å². The fourth-order valence-electron chi connectivity index (χ4n) is 3.55. The van der Waals surface area contributed by atoms with Crippen molar-refractivity contribution in [2.75, 3.05) is 6.54 Å². The number of nitrogens with zero attached hydrogens (tertiary/aromatic N) is 1. The maximum absolute atomic E-state index is 12.0. The van der Waals surface area contributed by atoms with Crippen LogP contribution in [0.4, 0.5) is 0 Å². The molecule has 0 fully saturated rings. The first-order valence-corrected chi connectivity index (χ1v) is 17.4. The predicted molar refractivity (Wildman–Crippen MR) is 109 cm³/mol. The van der Waals surface area contributed by atoms with Crippen molar-refractivity contribution in [2.45, 2.75) is 72.6 Å². The van der Waals surface area contributed by atoms with Crippen molar-refractivity contribution in [2.24, 2.45) is 0 Å². The molecule has 1 aromatic rings. The summed E-state index contributed by atoms with van der Waals surface area (Å²) in [5.41, 5.74) is 0.667. The first-order chi connectivity index (χ1) is 12.1. The van der Waals surface area contributed by atoms with Gasteiger partial charge in [-0.05, 0) is 0 Å². The van der Waals surface area contributed by atoms with Crippen molar-refractivity contribution >= 4 is 27.9 Å². The van der Waals surface area contributed by atoms with Crippen LogP contribution in [0.15, 0.2) is 24.3 Å². The fourth-order valence-corrected chi connectivity index (χ4v) is 19.5. The molecule has 0 aromatic heterocycles. The maximum atomic E-state index is 12.0. The number of carbonyl (C=O) groups is 1. The van der Waals surface area contributed by atoms with Gasteiger partial charge in [0, 0.05) is 0 Å².